The van der Waals surface area contributed by atoms with E-state index >= 15 is 0 Å². The summed E-state index contributed by atoms with van der Waals surface area (Å²) >= 11 is 0. The zero-order valence-electron chi connectivity index (χ0n) is 19.8. The molecule has 0 spiro atoms. The average Bonchev–Trinajstić information content (AvgIpc) is 2.64. The van der Waals surface area contributed by atoms with Crippen LogP contribution in [0.4, 0.5) is 0 Å². The maximum absolute atomic E-state index is 12.6. The molecule has 0 bridgehead atoms. The lowest BCUT2D eigenvalue weighted by Crippen LogP contribution is -2.26. The molecule has 5 heteroatoms. The molecule has 0 unspecified atom stereocenters. The molecule has 0 aliphatic carbocycles. The van der Waals surface area contributed by atoms with Gasteiger partial charge in [0.05, 0.1) is 19.1 Å². The van der Waals surface area contributed by atoms with E-state index in [1.54, 1.807) is 0 Å². The van der Waals surface area contributed by atoms with E-state index in [0.717, 1.165) is 25.7 Å². The Morgan fingerprint density at radius 1 is 0.655 bits per heavy atom. The van der Waals surface area contributed by atoms with Gasteiger partial charge in [-0.3, -0.25) is 9.59 Å². The molecule has 0 amide bonds. The molecule has 0 radical (unpaired) electrons. The van der Waals surface area contributed by atoms with Crippen molar-refractivity contribution in [2.75, 3.05) is 39.6 Å². The molecule has 0 aromatic rings. The molecule has 0 aliphatic heterocycles. The van der Waals surface area contributed by atoms with Crippen LogP contribution in [0.15, 0.2) is 0 Å². The first-order valence-corrected chi connectivity index (χ1v) is 11.5. The molecular weight excluding hydrogens is 368 g/mol. The monoisotopic (exact) mass is 414 g/mol. The number of carbonyl (C=O) groups is 2. The minimum atomic E-state index is -0.217. The lowest BCUT2D eigenvalue weighted by atomic mass is 10.0. The minimum absolute atomic E-state index is 0.0123. The standard InChI is InChI=1S/C24H46O5/c1-19(2)10-7-13-27-16-22(17-28-14-8-11-20(3)4)23(25)12-9-15-29-18-24(26)21(5)6/h19-22H,7-18H2,1-6H3. The van der Waals surface area contributed by atoms with E-state index in [2.05, 4.69) is 27.7 Å². The molecule has 5 nitrogen and oxygen atoms in total. The predicted octanol–water partition coefficient (Wildman–Crippen LogP) is 5.10. The predicted molar refractivity (Wildman–Crippen MR) is 118 cm³/mol. The highest BCUT2D eigenvalue weighted by molar-refractivity contribution is 5.81. The molecule has 0 fully saturated rings. The molecule has 0 aromatic heterocycles. The van der Waals surface area contributed by atoms with Gasteiger partial charge >= 0.3 is 0 Å². The van der Waals surface area contributed by atoms with Crippen LogP contribution in [0.25, 0.3) is 0 Å². The van der Waals surface area contributed by atoms with E-state index < -0.39 is 0 Å². The van der Waals surface area contributed by atoms with Crippen molar-refractivity contribution in [3.8, 4) is 0 Å². The quantitative estimate of drug-likeness (QED) is 0.259. The van der Waals surface area contributed by atoms with Gasteiger partial charge in [0, 0.05) is 32.2 Å². The molecule has 0 heterocycles. The lowest BCUT2D eigenvalue weighted by molar-refractivity contribution is -0.128. The van der Waals surface area contributed by atoms with Crippen molar-refractivity contribution in [3.63, 3.8) is 0 Å². The van der Waals surface area contributed by atoms with Gasteiger partial charge in [0.1, 0.15) is 12.4 Å². The number of ether oxygens (including phenoxy) is 3. The van der Waals surface area contributed by atoms with Gasteiger partial charge in [-0.05, 0) is 43.9 Å². The van der Waals surface area contributed by atoms with Crippen molar-refractivity contribution in [2.24, 2.45) is 23.7 Å². The fraction of sp³-hybridized carbons (Fsp3) is 0.917. The molecular formula is C24H46O5. The number of rotatable bonds is 20. The van der Waals surface area contributed by atoms with E-state index in [9.17, 15) is 9.59 Å². The summed E-state index contributed by atoms with van der Waals surface area (Å²) in [4.78, 5) is 24.2. The van der Waals surface area contributed by atoms with Crippen molar-refractivity contribution < 1.29 is 23.8 Å². The van der Waals surface area contributed by atoms with Gasteiger partial charge < -0.3 is 14.2 Å². The summed E-state index contributed by atoms with van der Waals surface area (Å²) in [5.74, 6) is 1.37. The lowest BCUT2D eigenvalue weighted by Gasteiger charge is -2.17. The van der Waals surface area contributed by atoms with Gasteiger partial charge in [-0.15, -0.1) is 0 Å². The van der Waals surface area contributed by atoms with Gasteiger partial charge in [0.15, 0.2) is 5.78 Å². The Morgan fingerprint density at radius 2 is 1.14 bits per heavy atom. The number of hydrogen-bond acceptors (Lipinski definition) is 5. The first kappa shape index (κ1) is 28.2. The highest BCUT2D eigenvalue weighted by atomic mass is 16.5. The van der Waals surface area contributed by atoms with Crippen LogP contribution in [0.3, 0.4) is 0 Å². The second-order valence-electron chi connectivity index (χ2n) is 9.16. The summed E-state index contributed by atoms with van der Waals surface area (Å²) in [7, 11) is 0. The van der Waals surface area contributed by atoms with E-state index in [0.29, 0.717) is 57.7 Å². The maximum atomic E-state index is 12.6. The van der Waals surface area contributed by atoms with Crippen molar-refractivity contribution in [3.05, 3.63) is 0 Å². The number of hydrogen-bond donors (Lipinski definition) is 0. The first-order chi connectivity index (χ1) is 13.7. The molecule has 0 N–H and O–H groups in total. The fourth-order valence-electron chi connectivity index (χ4n) is 2.76. The van der Waals surface area contributed by atoms with Crippen LogP contribution in [0.2, 0.25) is 0 Å². The molecule has 0 saturated carbocycles. The third-order valence-electron chi connectivity index (χ3n) is 4.83. The summed E-state index contributed by atoms with van der Waals surface area (Å²) < 4.78 is 16.9. The summed E-state index contributed by atoms with van der Waals surface area (Å²) in [5.41, 5.74) is 0. The Hall–Kier alpha value is -0.780. The van der Waals surface area contributed by atoms with E-state index in [1.165, 1.54) is 0 Å². The highest BCUT2D eigenvalue weighted by Gasteiger charge is 2.19. The molecule has 0 atom stereocenters. The molecule has 0 aromatic carbocycles. The van der Waals surface area contributed by atoms with Crippen LogP contribution >= 0.6 is 0 Å². The third kappa shape index (κ3) is 17.8. The van der Waals surface area contributed by atoms with Crippen LogP contribution in [-0.4, -0.2) is 51.2 Å². The first-order valence-electron chi connectivity index (χ1n) is 11.5. The van der Waals surface area contributed by atoms with Crippen LogP contribution < -0.4 is 0 Å². The van der Waals surface area contributed by atoms with Gasteiger partial charge in [-0.25, -0.2) is 0 Å². The Kier molecular flexibility index (Phi) is 17.5. The smallest absolute Gasteiger partial charge is 0.160 e. The zero-order chi connectivity index (χ0) is 22.1. The second-order valence-corrected chi connectivity index (χ2v) is 9.16. The highest BCUT2D eigenvalue weighted by Crippen LogP contribution is 2.10. The SMILES string of the molecule is CC(C)CCCOCC(COCCCC(C)C)C(=O)CCCOCC(=O)C(C)C. The van der Waals surface area contributed by atoms with Crippen LogP contribution in [0.1, 0.15) is 80.1 Å². The summed E-state index contributed by atoms with van der Waals surface area (Å²) in [6.07, 6.45) is 5.37. The molecule has 0 aliphatic rings. The minimum Gasteiger partial charge on any atom is -0.381 e. The van der Waals surface area contributed by atoms with Crippen molar-refractivity contribution in [2.45, 2.75) is 80.1 Å². The van der Waals surface area contributed by atoms with Crippen molar-refractivity contribution in [1.82, 2.24) is 0 Å². The number of Topliss-reactive ketones (excluding diaryl/α,β-unsaturated/α-hetero) is 2. The summed E-state index contributed by atoms with van der Waals surface area (Å²) in [6, 6.07) is 0. The third-order valence-corrected chi connectivity index (χ3v) is 4.83. The van der Waals surface area contributed by atoms with E-state index in [1.807, 2.05) is 13.8 Å². The zero-order valence-corrected chi connectivity index (χ0v) is 19.8. The van der Waals surface area contributed by atoms with E-state index in [-0.39, 0.29) is 30.0 Å². The number of carbonyl (C=O) groups excluding carboxylic acids is 2. The van der Waals surface area contributed by atoms with Gasteiger partial charge in [-0.1, -0.05) is 41.5 Å². The van der Waals surface area contributed by atoms with Crippen LogP contribution in [0.5, 0.6) is 0 Å². The van der Waals surface area contributed by atoms with Crippen LogP contribution in [0, 0.1) is 23.7 Å². The van der Waals surface area contributed by atoms with Crippen molar-refractivity contribution >= 4 is 11.6 Å². The molecule has 172 valence electrons. The maximum Gasteiger partial charge on any atom is 0.160 e. The second kappa shape index (κ2) is 18.0. The summed E-state index contributed by atoms with van der Waals surface area (Å²) in [6.45, 7) is 15.3. The topological polar surface area (TPSA) is 61.8 Å². The van der Waals surface area contributed by atoms with Crippen molar-refractivity contribution in [1.29, 1.82) is 0 Å². The molecule has 0 saturated heterocycles. The summed E-state index contributed by atoms with van der Waals surface area (Å²) in [5, 5.41) is 0. The Balaban J connectivity index is 4.20. The molecule has 0 rings (SSSR count). The largest absolute Gasteiger partial charge is 0.381 e. The van der Waals surface area contributed by atoms with E-state index in [4.69, 9.17) is 14.2 Å². The Labute approximate surface area is 179 Å². The fourth-order valence-corrected chi connectivity index (χ4v) is 2.76. The van der Waals surface area contributed by atoms with Crippen LogP contribution in [-0.2, 0) is 23.8 Å². The van der Waals surface area contributed by atoms with Gasteiger partial charge in [0.25, 0.3) is 0 Å². The Bertz CT molecular complexity index is 399. The van der Waals surface area contributed by atoms with Gasteiger partial charge in [0.2, 0.25) is 0 Å². The average molecular weight is 415 g/mol. The van der Waals surface area contributed by atoms with Gasteiger partial charge in [-0.2, -0.15) is 0 Å². The molecule has 29 heavy (non-hydrogen) atoms. The Morgan fingerprint density at radius 3 is 1.59 bits per heavy atom. The normalized spacial score (nSPS) is 11.9. The number of ketones is 2.